The number of imide groups is 1. The van der Waals surface area contributed by atoms with Gasteiger partial charge in [0.05, 0.1) is 28.0 Å². The molecule has 1 saturated carbocycles. The van der Waals surface area contributed by atoms with Gasteiger partial charge in [0, 0.05) is 27.4 Å². The lowest BCUT2D eigenvalue weighted by molar-refractivity contribution is -0.384. The molecule has 1 aliphatic heterocycles. The van der Waals surface area contributed by atoms with Crippen molar-refractivity contribution in [2.45, 2.75) is 22.5 Å². The van der Waals surface area contributed by atoms with Crippen molar-refractivity contribution in [2.75, 3.05) is 11.5 Å². The Labute approximate surface area is 210 Å². The largest absolute Gasteiger partial charge is 0.454 e. The molecule has 2 fully saturated rings. The maximum Gasteiger partial charge on any atom is 0.340 e. The number of amides is 2. The number of Topliss-reactive ketones (excluding diaryl/α,β-unsaturated/α-hetero) is 1. The molecular weight excluding hydrogens is 576 g/mol. The SMILES string of the molecule is O=C(COC(=O)c1ccccc1N1C(=O)[C@@H]2C[C@@H](Br)[C@@H](Br)C[C@H]2C1=O)c1cccc([N+](=O)[O-])c1. The van der Waals surface area contributed by atoms with Gasteiger partial charge in [-0.1, -0.05) is 56.1 Å². The highest BCUT2D eigenvalue weighted by molar-refractivity contribution is 9.12. The van der Waals surface area contributed by atoms with E-state index in [4.69, 9.17) is 4.74 Å². The van der Waals surface area contributed by atoms with Crippen molar-refractivity contribution in [3.63, 3.8) is 0 Å². The fourth-order valence-electron chi connectivity index (χ4n) is 4.26. The molecule has 0 aromatic heterocycles. The van der Waals surface area contributed by atoms with Gasteiger partial charge in [0.15, 0.2) is 6.61 Å². The summed E-state index contributed by atoms with van der Waals surface area (Å²) in [4.78, 5) is 62.9. The van der Waals surface area contributed by atoms with E-state index < -0.39 is 35.1 Å². The smallest absolute Gasteiger partial charge is 0.340 e. The van der Waals surface area contributed by atoms with Crippen molar-refractivity contribution in [1.82, 2.24) is 0 Å². The predicted molar refractivity (Wildman–Crippen MR) is 128 cm³/mol. The Hall–Kier alpha value is -2.92. The molecule has 2 aromatic carbocycles. The molecule has 0 spiro atoms. The second-order valence-electron chi connectivity index (χ2n) is 8.05. The summed E-state index contributed by atoms with van der Waals surface area (Å²) in [6, 6.07) is 11.2. The lowest BCUT2D eigenvalue weighted by Gasteiger charge is -2.29. The van der Waals surface area contributed by atoms with E-state index in [9.17, 15) is 29.3 Å². The number of rotatable bonds is 6. The number of nitro benzene ring substituents is 1. The van der Waals surface area contributed by atoms with Crippen LogP contribution >= 0.6 is 31.9 Å². The lowest BCUT2D eigenvalue weighted by Crippen LogP contribution is -2.34. The number of esters is 1. The van der Waals surface area contributed by atoms with Crippen LogP contribution in [0.5, 0.6) is 0 Å². The van der Waals surface area contributed by atoms with Gasteiger partial charge in [-0.3, -0.25) is 24.5 Å². The summed E-state index contributed by atoms with van der Waals surface area (Å²) in [7, 11) is 0. The number of para-hydroxylation sites is 1. The molecule has 0 unspecified atom stereocenters. The van der Waals surface area contributed by atoms with E-state index in [-0.39, 0.29) is 44.0 Å². The number of alkyl halides is 2. The minimum atomic E-state index is -0.887. The second-order valence-corrected chi connectivity index (χ2v) is 10.4. The molecule has 1 heterocycles. The highest BCUT2D eigenvalue weighted by Gasteiger charge is 2.52. The zero-order chi connectivity index (χ0) is 24.6. The molecule has 2 aromatic rings. The third-order valence-electron chi connectivity index (χ3n) is 5.99. The summed E-state index contributed by atoms with van der Waals surface area (Å²) >= 11 is 7.09. The van der Waals surface area contributed by atoms with Crippen molar-refractivity contribution < 1.29 is 28.8 Å². The highest BCUT2D eigenvalue weighted by atomic mass is 79.9. The fraction of sp³-hybridized carbons (Fsp3) is 0.304. The summed E-state index contributed by atoms with van der Waals surface area (Å²) in [6.07, 6.45) is 0.984. The van der Waals surface area contributed by atoms with E-state index in [1.165, 1.54) is 30.3 Å². The summed E-state index contributed by atoms with van der Waals surface area (Å²) in [5.41, 5.74) is -0.151. The van der Waals surface area contributed by atoms with Crippen LogP contribution in [-0.2, 0) is 14.3 Å². The molecule has 9 nitrogen and oxygen atoms in total. The zero-order valence-corrected chi connectivity index (χ0v) is 20.7. The predicted octanol–water partition coefficient (Wildman–Crippen LogP) is 4.06. The second kappa shape index (κ2) is 9.75. The van der Waals surface area contributed by atoms with Crippen LogP contribution in [0.3, 0.4) is 0 Å². The summed E-state index contributed by atoms with van der Waals surface area (Å²) < 4.78 is 5.15. The number of fused-ring (bicyclic) bond motifs is 1. The molecule has 11 heteroatoms. The quantitative estimate of drug-likeness (QED) is 0.123. The van der Waals surface area contributed by atoms with E-state index in [0.29, 0.717) is 12.8 Å². The number of anilines is 1. The van der Waals surface area contributed by atoms with E-state index in [2.05, 4.69) is 31.9 Å². The molecule has 0 radical (unpaired) electrons. The molecule has 4 atom stereocenters. The van der Waals surface area contributed by atoms with Gasteiger partial charge in [-0.2, -0.15) is 0 Å². The number of ketones is 1. The molecule has 2 aliphatic rings. The van der Waals surface area contributed by atoms with Crippen LogP contribution in [0.4, 0.5) is 11.4 Å². The summed E-state index contributed by atoms with van der Waals surface area (Å²) in [6.45, 7) is -0.655. The number of carbonyl (C=O) groups is 4. The van der Waals surface area contributed by atoms with Gasteiger partial charge in [-0.05, 0) is 25.0 Å². The van der Waals surface area contributed by atoms with E-state index in [1.54, 1.807) is 12.1 Å². The minimum Gasteiger partial charge on any atom is -0.454 e. The van der Waals surface area contributed by atoms with Crippen molar-refractivity contribution >= 4 is 66.8 Å². The van der Waals surface area contributed by atoms with Crippen LogP contribution in [0.2, 0.25) is 0 Å². The number of benzene rings is 2. The first-order valence-corrected chi connectivity index (χ1v) is 12.2. The Morgan fingerprint density at radius 1 is 1.00 bits per heavy atom. The van der Waals surface area contributed by atoms with Crippen molar-refractivity contribution in [1.29, 1.82) is 0 Å². The topological polar surface area (TPSA) is 124 Å². The first-order chi connectivity index (χ1) is 16.2. The number of nitrogens with zero attached hydrogens (tertiary/aromatic N) is 2. The van der Waals surface area contributed by atoms with Gasteiger partial charge in [0.2, 0.25) is 17.6 Å². The fourth-order valence-corrected chi connectivity index (χ4v) is 5.50. The maximum atomic E-state index is 13.1. The Balaban J connectivity index is 1.52. The summed E-state index contributed by atoms with van der Waals surface area (Å²) in [5, 5.41) is 10.9. The number of hydrogen-bond donors (Lipinski definition) is 0. The van der Waals surface area contributed by atoms with E-state index in [0.717, 1.165) is 11.0 Å². The summed E-state index contributed by atoms with van der Waals surface area (Å²) in [5.74, 6) is -3.21. The number of carbonyl (C=O) groups excluding carboxylic acids is 4. The van der Waals surface area contributed by atoms with E-state index in [1.807, 2.05) is 0 Å². The van der Waals surface area contributed by atoms with Crippen LogP contribution < -0.4 is 4.90 Å². The van der Waals surface area contributed by atoms with Crippen molar-refractivity contribution in [2.24, 2.45) is 11.8 Å². The Morgan fingerprint density at radius 3 is 2.24 bits per heavy atom. The first kappa shape index (κ1) is 24.2. The highest BCUT2D eigenvalue weighted by Crippen LogP contribution is 2.44. The molecule has 1 saturated heterocycles. The van der Waals surface area contributed by atoms with Gasteiger partial charge >= 0.3 is 5.97 Å². The number of nitro groups is 1. The van der Waals surface area contributed by atoms with Crippen LogP contribution in [0.15, 0.2) is 48.5 Å². The van der Waals surface area contributed by atoms with Gasteiger partial charge in [-0.25, -0.2) is 9.69 Å². The molecule has 34 heavy (non-hydrogen) atoms. The molecule has 4 rings (SSSR count). The molecule has 0 bridgehead atoms. The number of ether oxygens (including phenoxy) is 1. The average Bonchev–Trinajstić information content (AvgIpc) is 3.06. The normalized spacial score (nSPS) is 24.0. The minimum absolute atomic E-state index is 0.0258. The monoisotopic (exact) mass is 592 g/mol. The Kier molecular flexibility index (Phi) is 6.94. The van der Waals surface area contributed by atoms with Crippen LogP contribution in [0, 0.1) is 22.0 Å². The van der Waals surface area contributed by atoms with E-state index >= 15 is 0 Å². The molecule has 0 N–H and O–H groups in total. The number of non-ortho nitro benzene ring substituents is 1. The first-order valence-electron chi connectivity index (χ1n) is 10.4. The molecule has 176 valence electrons. The van der Waals surface area contributed by atoms with Gasteiger partial charge in [0.25, 0.3) is 5.69 Å². The van der Waals surface area contributed by atoms with Crippen molar-refractivity contribution in [3.05, 3.63) is 69.8 Å². The maximum absolute atomic E-state index is 13.1. The Morgan fingerprint density at radius 2 is 1.62 bits per heavy atom. The number of hydrogen-bond acceptors (Lipinski definition) is 7. The van der Waals surface area contributed by atoms with Gasteiger partial charge in [-0.15, -0.1) is 0 Å². The van der Waals surface area contributed by atoms with Crippen LogP contribution in [0.1, 0.15) is 33.6 Å². The van der Waals surface area contributed by atoms with Crippen LogP contribution in [-0.4, -0.2) is 44.8 Å². The average molecular weight is 594 g/mol. The van der Waals surface area contributed by atoms with Gasteiger partial charge in [0.1, 0.15) is 0 Å². The number of halogens is 2. The molecular formula is C23H18Br2N2O7. The lowest BCUT2D eigenvalue weighted by atomic mass is 9.81. The van der Waals surface area contributed by atoms with Crippen molar-refractivity contribution in [3.8, 4) is 0 Å². The molecule has 1 aliphatic carbocycles. The van der Waals surface area contributed by atoms with Crippen LogP contribution in [0.25, 0.3) is 0 Å². The Bertz CT molecular complexity index is 1170. The van der Waals surface area contributed by atoms with Gasteiger partial charge < -0.3 is 4.74 Å². The standard InChI is InChI=1S/C23H18Br2N2O7/c24-17-9-15-16(10-18(17)25)22(30)26(21(15)29)19-7-2-1-6-14(19)23(31)34-11-20(28)12-4-3-5-13(8-12)27(32)33/h1-8,15-18H,9-11H2/t15-,16-,17-,18+/m1/s1. The zero-order valence-electron chi connectivity index (χ0n) is 17.6. The third-order valence-corrected chi connectivity index (χ3v) is 8.72. The molecule has 2 amide bonds. The third kappa shape index (κ3) is 4.54.